The number of benzene rings is 1. The molecular formula is C17H20N6. The Hall–Kier alpha value is -2.47. The normalized spacial score (nSPS) is 15.3. The van der Waals surface area contributed by atoms with Crippen molar-refractivity contribution in [3.8, 4) is 5.82 Å². The van der Waals surface area contributed by atoms with Gasteiger partial charge in [0.15, 0.2) is 0 Å². The summed E-state index contributed by atoms with van der Waals surface area (Å²) in [5.74, 6) is 1.68. The average Bonchev–Trinajstić information content (AvgIpc) is 3.24. The van der Waals surface area contributed by atoms with E-state index in [-0.39, 0.29) is 0 Å². The SMILES string of the molecule is c1ccc2c(c1)ncn2-c1cc(NCCN2CCCC2)ncn1. The third-order valence-electron chi connectivity index (χ3n) is 4.29. The third kappa shape index (κ3) is 3.03. The summed E-state index contributed by atoms with van der Waals surface area (Å²) in [6, 6.07) is 10.0. The number of rotatable bonds is 5. The lowest BCUT2D eigenvalue weighted by atomic mass is 10.3. The Balaban J connectivity index is 1.49. The summed E-state index contributed by atoms with van der Waals surface area (Å²) in [4.78, 5) is 15.6. The first-order valence-corrected chi connectivity index (χ1v) is 8.11. The van der Waals surface area contributed by atoms with Gasteiger partial charge in [-0.1, -0.05) is 12.1 Å². The maximum Gasteiger partial charge on any atom is 0.143 e. The van der Waals surface area contributed by atoms with Gasteiger partial charge in [0.05, 0.1) is 11.0 Å². The second-order valence-electron chi connectivity index (χ2n) is 5.84. The number of nitrogens with zero attached hydrogens (tertiary/aromatic N) is 5. The summed E-state index contributed by atoms with van der Waals surface area (Å²) in [5.41, 5.74) is 2.02. The van der Waals surface area contributed by atoms with E-state index in [9.17, 15) is 0 Å². The fourth-order valence-electron chi connectivity index (χ4n) is 3.07. The first-order valence-electron chi connectivity index (χ1n) is 8.11. The molecule has 0 amide bonds. The van der Waals surface area contributed by atoms with Gasteiger partial charge in [-0.3, -0.25) is 4.57 Å². The van der Waals surface area contributed by atoms with Crippen LogP contribution in [0.2, 0.25) is 0 Å². The Bertz CT molecular complexity index is 790. The minimum atomic E-state index is 0.831. The van der Waals surface area contributed by atoms with E-state index >= 15 is 0 Å². The van der Waals surface area contributed by atoms with Gasteiger partial charge in [0.2, 0.25) is 0 Å². The Morgan fingerprint density at radius 2 is 1.91 bits per heavy atom. The molecule has 23 heavy (non-hydrogen) atoms. The predicted molar refractivity (Wildman–Crippen MR) is 90.8 cm³/mol. The second kappa shape index (κ2) is 6.34. The van der Waals surface area contributed by atoms with E-state index in [4.69, 9.17) is 0 Å². The number of anilines is 1. The van der Waals surface area contributed by atoms with Crippen molar-refractivity contribution >= 4 is 16.9 Å². The molecule has 0 spiro atoms. The highest BCUT2D eigenvalue weighted by molar-refractivity contribution is 5.76. The van der Waals surface area contributed by atoms with E-state index in [0.29, 0.717) is 0 Å². The third-order valence-corrected chi connectivity index (χ3v) is 4.29. The van der Waals surface area contributed by atoms with Crippen LogP contribution in [0.1, 0.15) is 12.8 Å². The van der Waals surface area contributed by atoms with Gasteiger partial charge >= 0.3 is 0 Å². The van der Waals surface area contributed by atoms with Gasteiger partial charge in [-0.2, -0.15) is 0 Å². The fraction of sp³-hybridized carbons (Fsp3) is 0.353. The molecular weight excluding hydrogens is 288 g/mol. The maximum absolute atomic E-state index is 4.41. The number of imidazole rings is 1. The van der Waals surface area contributed by atoms with Crippen molar-refractivity contribution in [2.75, 3.05) is 31.5 Å². The van der Waals surface area contributed by atoms with Crippen LogP contribution in [0.5, 0.6) is 0 Å². The van der Waals surface area contributed by atoms with Crippen LogP contribution in [0.4, 0.5) is 5.82 Å². The van der Waals surface area contributed by atoms with Gasteiger partial charge in [-0.05, 0) is 38.1 Å². The number of hydrogen-bond acceptors (Lipinski definition) is 5. The minimum absolute atomic E-state index is 0.831. The van der Waals surface area contributed by atoms with Crippen LogP contribution in [0.15, 0.2) is 43.0 Å². The smallest absolute Gasteiger partial charge is 0.143 e. The highest BCUT2D eigenvalue weighted by atomic mass is 15.2. The summed E-state index contributed by atoms with van der Waals surface area (Å²) in [7, 11) is 0. The Labute approximate surface area is 135 Å². The molecule has 0 radical (unpaired) electrons. The molecule has 4 rings (SSSR count). The number of aromatic nitrogens is 4. The van der Waals surface area contributed by atoms with Crippen LogP contribution < -0.4 is 5.32 Å². The molecule has 0 aliphatic carbocycles. The fourth-order valence-corrected chi connectivity index (χ4v) is 3.07. The van der Waals surface area contributed by atoms with Gasteiger partial charge in [-0.25, -0.2) is 15.0 Å². The van der Waals surface area contributed by atoms with E-state index in [1.54, 1.807) is 12.7 Å². The van der Waals surface area contributed by atoms with Crippen molar-refractivity contribution < 1.29 is 0 Å². The zero-order chi connectivity index (χ0) is 15.5. The monoisotopic (exact) mass is 308 g/mol. The van der Waals surface area contributed by atoms with Crippen LogP contribution in [-0.4, -0.2) is 50.6 Å². The maximum atomic E-state index is 4.41. The molecule has 118 valence electrons. The Morgan fingerprint density at radius 3 is 2.83 bits per heavy atom. The molecule has 1 fully saturated rings. The molecule has 0 saturated carbocycles. The molecule has 2 aromatic heterocycles. The molecule has 1 aliphatic heterocycles. The quantitative estimate of drug-likeness (QED) is 0.784. The van der Waals surface area contributed by atoms with Crippen molar-refractivity contribution in [1.29, 1.82) is 0 Å². The summed E-state index contributed by atoms with van der Waals surface area (Å²) in [6.07, 6.45) is 6.06. The first kappa shape index (κ1) is 14.1. The molecule has 0 bridgehead atoms. The van der Waals surface area contributed by atoms with Gasteiger partial charge < -0.3 is 10.2 Å². The van der Waals surface area contributed by atoms with E-state index in [1.807, 2.05) is 34.9 Å². The lowest BCUT2D eigenvalue weighted by molar-refractivity contribution is 0.352. The van der Waals surface area contributed by atoms with E-state index in [1.165, 1.54) is 25.9 Å². The highest BCUT2D eigenvalue weighted by Gasteiger charge is 2.11. The number of fused-ring (bicyclic) bond motifs is 1. The summed E-state index contributed by atoms with van der Waals surface area (Å²) in [5, 5.41) is 3.40. The molecule has 3 aromatic rings. The predicted octanol–water partition coefficient (Wildman–Crippen LogP) is 2.32. The van der Waals surface area contributed by atoms with E-state index < -0.39 is 0 Å². The van der Waals surface area contributed by atoms with Gasteiger partial charge in [0.1, 0.15) is 24.3 Å². The van der Waals surface area contributed by atoms with Crippen LogP contribution >= 0.6 is 0 Å². The van der Waals surface area contributed by atoms with Crippen molar-refractivity contribution in [2.45, 2.75) is 12.8 Å². The molecule has 6 nitrogen and oxygen atoms in total. The van der Waals surface area contributed by atoms with Gasteiger partial charge in [0, 0.05) is 19.2 Å². The summed E-state index contributed by atoms with van der Waals surface area (Å²) in [6.45, 7) is 4.41. The lowest BCUT2D eigenvalue weighted by Crippen LogP contribution is -2.26. The van der Waals surface area contributed by atoms with Crippen LogP contribution in [0.3, 0.4) is 0 Å². The first-order chi connectivity index (χ1) is 11.4. The molecule has 6 heteroatoms. The lowest BCUT2D eigenvalue weighted by Gasteiger charge is -2.15. The molecule has 1 saturated heterocycles. The summed E-state index contributed by atoms with van der Waals surface area (Å²) < 4.78 is 1.99. The minimum Gasteiger partial charge on any atom is -0.369 e. The molecule has 0 unspecified atom stereocenters. The zero-order valence-corrected chi connectivity index (χ0v) is 13.0. The van der Waals surface area contributed by atoms with Crippen LogP contribution in [-0.2, 0) is 0 Å². The number of para-hydroxylation sites is 2. The van der Waals surface area contributed by atoms with E-state index in [2.05, 4.69) is 25.2 Å². The summed E-state index contributed by atoms with van der Waals surface area (Å²) >= 11 is 0. The van der Waals surface area contributed by atoms with E-state index in [0.717, 1.165) is 35.8 Å². The van der Waals surface area contributed by atoms with Crippen LogP contribution in [0.25, 0.3) is 16.9 Å². The highest BCUT2D eigenvalue weighted by Crippen LogP contribution is 2.17. The van der Waals surface area contributed by atoms with Gasteiger partial charge in [-0.15, -0.1) is 0 Å². The molecule has 0 atom stereocenters. The second-order valence-corrected chi connectivity index (χ2v) is 5.84. The zero-order valence-electron chi connectivity index (χ0n) is 13.0. The van der Waals surface area contributed by atoms with Gasteiger partial charge in [0.25, 0.3) is 0 Å². The molecule has 1 N–H and O–H groups in total. The topological polar surface area (TPSA) is 58.9 Å². The molecule has 3 heterocycles. The van der Waals surface area contributed by atoms with Crippen molar-refractivity contribution in [1.82, 2.24) is 24.4 Å². The van der Waals surface area contributed by atoms with Crippen molar-refractivity contribution in [3.63, 3.8) is 0 Å². The largest absolute Gasteiger partial charge is 0.369 e. The number of nitrogens with one attached hydrogen (secondary N) is 1. The molecule has 1 aliphatic rings. The van der Waals surface area contributed by atoms with Crippen molar-refractivity contribution in [3.05, 3.63) is 43.0 Å². The number of likely N-dealkylation sites (tertiary alicyclic amines) is 1. The Morgan fingerprint density at radius 1 is 1.04 bits per heavy atom. The molecule has 1 aromatic carbocycles. The average molecular weight is 308 g/mol. The van der Waals surface area contributed by atoms with Crippen molar-refractivity contribution in [2.24, 2.45) is 0 Å². The Kier molecular flexibility index (Phi) is 3.90. The standard InChI is InChI=1S/C17H20N6/c1-2-6-15-14(5-1)21-13-23(15)17-11-16(19-12-20-17)18-7-10-22-8-3-4-9-22/h1-2,5-6,11-13H,3-4,7-10H2,(H,18,19,20). The van der Waals surface area contributed by atoms with Crippen LogP contribution in [0, 0.1) is 0 Å². The number of hydrogen-bond donors (Lipinski definition) is 1.